The van der Waals surface area contributed by atoms with Gasteiger partial charge in [0.2, 0.25) is 5.91 Å². The van der Waals surface area contributed by atoms with Crippen molar-refractivity contribution in [2.45, 2.75) is 50.9 Å². The number of aryl methyl sites for hydroxylation is 2. The maximum atomic E-state index is 12.5. The van der Waals surface area contributed by atoms with E-state index in [1.807, 2.05) is 31.2 Å². The molecular weight excluding hydrogens is 416 g/mol. The molecule has 1 saturated heterocycles. The van der Waals surface area contributed by atoms with E-state index in [1.54, 1.807) is 11.3 Å². The molecule has 1 aliphatic heterocycles. The molecule has 0 radical (unpaired) electrons. The fraction of sp³-hybridized carbons (Fsp3) is 0.409. The standard InChI is InChI=1S/C22H26N4O2S2/c1-3-19-11-16(13-29-19)21-24-25-22(26(21)12-18-8-5-9-28-18)30-14-20(27)23-17-7-4-6-15(2)10-17/h4,6-7,10-11,13,18H,3,5,8-9,12,14H2,1-2H3,(H,23,27). The first kappa shape index (κ1) is 21.1. The fourth-order valence-electron chi connectivity index (χ4n) is 3.50. The normalized spacial score (nSPS) is 16.1. The van der Waals surface area contributed by atoms with Crippen LogP contribution in [0.1, 0.15) is 30.2 Å². The topological polar surface area (TPSA) is 69.0 Å². The Balaban J connectivity index is 1.49. The Morgan fingerprint density at radius 3 is 3.00 bits per heavy atom. The van der Waals surface area contributed by atoms with Crippen LogP contribution < -0.4 is 5.32 Å². The number of anilines is 1. The molecule has 0 spiro atoms. The SMILES string of the molecule is CCc1cc(-c2nnc(SCC(=O)Nc3cccc(C)c3)n2CC2CCCO2)cs1. The lowest BCUT2D eigenvalue weighted by Crippen LogP contribution is -2.18. The summed E-state index contributed by atoms with van der Waals surface area (Å²) in [6.45, 7) is 5.68. The molecule has 4 rings (SSSR count). The quantitative estimate of drug-likeness (QED) is 0.508. The number of amides is 1. The number of thioether (sulfide) groups is 1. The highest BCUT2D eigenvalue weighted by atomic mass is 32.2. The van der Waals surface area contributed by atoms with Gasteiger partial charge in [-0.2, -0.15) is 0 Å². The molecule has 8 heteroatoms. The zero-order valence-electron chi connectivity index (χ0n) is 17.3. The number of thiophene rings is 1. The summed E-state index contributed by atoms with van der Waals surface area (Å²) in [5, 5.41) is 14.7. The molecule has 0 saturated carbocycles. The second-order valence-electron chi connectivity index (χ2n) is 7.41. The Labute approximate surface area is 185 Å². The van der Waals surface area contributed by atoms with Crippen molar-refractivity contribution in [1.82, 2.24) is 14.8 Å². The summed E-state index contributed by atoms with van der Waals surface area (Å²) in [6, 6.07) is 9.99. The fourth-order valence-corrected chi connectivity index (χ4v) is 5.06. The van der Waals surface area contributed by atoms with Gasteiger partial charge in [0.1, 0.15) is 0 Å². The number of nitrogens with one attached hydrogen (secondary N) is 1. The number of rotatable bonds is 8. The highest BCUT2D eigenvalue weighted by Gasteiger charge is 2.22. The molecule has 158 valence electrons. The van der Waals surface area contributed by atoms with Crippen LogP contribution in [0.5, 0.6) is 0 Å². The van der Waals surface area contributed by atoms with E-state index in [-0.39, 0.29) is 17.8 Å². The summed E-state index contributed by atoms with van der Waals surface area (Å²) in [5.74, 6) is 1.08. The lowest BCUT2D eigenvalue weighted by molar-refractivity contribution is -0.113. The molecule has 3 aromatic rings. The smallest absolute Gasteiger partial charge is 0.234 e. The van der Waals surface area contributed by atoms with Crippen LogP contribution in [0.15, 0.2) is 40.9 Å². The molecule has 0 bridgehead atoms. The van der Waals surface area contributed by atoms with E-state index < -0.39 is 0 Å². The molecule has 2 aromatic heterocycles. The van der Waals surface area contributed by atoms with Gasteiger partial charge in [0, 0.05) is 28.1 Å². The molecule has 1 unspecified atom stereocenters. The number of hydrogen-bond donors (Lipinski definition) is 1. The van der Waals surface area contributed by atoms with Crippen molar-refractivity contribution >= 4 is 34.7 Å². The number of nitrogens with zero attached hydrogens (tertiary/aromatic N) is 3. The van der Waals surface area contributed by atoms with Crippen LogP contribution in [-0.4, -0.2) is 39.1 Å². The molecule has 1 atom stereocenters. The number of carbonyl (C=O) groups excluding carboxylic acids is 1. The van der Waals surface area contributed by atoms with Gasteiger partial charge in [-0.1, -0.05) is 30.8 Å². The van der Waals surface area contributed by atoms with Gasteiger partial charge >= 0.3 is 0 Å². The Morgan fingerprint density at radius 1 is 1.37 bits per heavy atom. The van der Waals surface area contributed by atoms with Crippen molar-refractivity contribution in [3.63, 3.8) is 0 Å². The van der Waals surface area contributed by atoms with Gasteiger partial charge < -0.3 is 10.1 Å². The van der Waals surface area contributed by atoms with E-state index >= 15 is 0 Å². The summed E-state index contributed by atoms with van der Waals surface area (Å²) in [6.07, 6.45) is 3.30. The minimum absolute atomic E-state index is 0.0531. The van der Waals surface area contributed by atoms with Gasteiger partial charge in [0.05, 0.1) is 18.4 Å². The van der Waals surface area contributed by atoms with Crippen LogP contribution in [0.3, 0.4) is 0 Å². The first-order chi connectivity index (χ1) is 14.6. The van der Waals surface area contributed by atoms with Crippen LogP contribution in [0.4, 0.5) is 5.69 Å². The van der Waals surface area contributed by atoms with Gasteiger partial charge in [0.25, 0.3) is 0 Å². The molecule has 1 amide bonds. The number of ether oxygens (including phenoxy) is 1. The summed E-state index contributed by atoms with van der Waals surface area (Å²) >= 11 is 3.16. The molecule has 30 heavy (non-hydrogen) atoms. The van der Waals surface area contributed by atoms with Crippen molar-refractivity contribution in [3.8, 4) is 11.4 Å². The van der Waals surface area contributed by atoms with Crippen molar-refractivity contribution in [2.75, 3.05) is 17.7 Å². The van der Waals surface area contributed by atoms with Crippen LogP contribution in [-0.2, 0) is 22.5 Å². The van der Waals surface area contributed by atoms with Crippen LogP contribution in [0.2, 0.25) is 0 Å². The van der Waals surface area contributed by atoms with Gasteiger partial charge in [0.15, 0.2) is 11.0 Å². The van der Waals surface area contributed by atoms with Crippen molar-refractivity contribution < 1.29 is 9.53 Å². The third-order valence-corrected chi connectivity index (χ3v) is 7.07. The zero-order chi connectivity index (χ0) is 20.9. The van der Waals surface area contributed by atoms with Gasteiger partial charge in [-0.3, -0.25) is 9.36 Å². The summed E-state index contributed by atoms with van der Waals surface area (Å²) in [4.78, 5) is 13.8. The van der Waals surface area contributed by atoms with Crippen molar-refractivity contribution in [2.24, 2.45) is 0 Å². The largest absolute Gasteiger partial charge is 0.376 e. The Morgan fingerprint density at radius 2 is 2.27 bits per heavy atom. The lowest BCUT2D eigenvalue weighted by Gasteiger charge is -2.14. The third-order valence-electron chi connectivity index (χ3n) is 5.02. The molecule has 0 aliphatic carbocycles. The number of carbonyl (C=O) groups is 1. The first-order valence-electron chi connectivity index (χ1n) is 10.2. The molecular formula is C22H26N4O2S2. The van der Waals surface area contributed by atoms with E-state index in [0.717, 1.165) is 53.7 Å². The minimum atomic E-state index is -0.0531. The van der Waals surface area contributed by atoms with Crippen molar-refractivity contribution in [1.29, 1.82) is 0 Å². The average molecular weight is 443 g/mol. The number of aromatic nitrogens is 3. The Kier molecular flexibility index (Phi) is 6.86. The lowest BCUT2D eigenvalue weighted by atomic mass is 10.2. The van der Waals surface area contributed by atoms with E-state index in [9.17, 15) is 4.79 Å². The van der Waals surface area contributed by atoms with E-state index in [2.05, 4.69) is 38.5 Å². The van der Waals surface area contributed by atoms with Gasteiger partial charge in [-0.15, -0.1) is 21.5 Å². The molecule has 6 nitrogen and oxygen atoms in total. The third kappa shape index (κ3) is 5.11. The molecule has 1 N–H and O–H groups in total. The van der Waals surface area contributed by atoms with Crippen LogP contribution in [0, 0.1) is 6.92 Å². The minimum Gasteiger partial charge on any atom is -0.376 e. The average Bonchev–Trinajstić information content (AvgIpc) is 3.48. The summed E-state index contributed by atoms with van der Waals surface area (Å²) in [5.41, 5.74) is 3.01. The monoisotopic (exact) mass is 442 g/mol. The van der Waals surface area contributed by atoms with Crippen LogP contribution in [0.25, 0.3) is 11.4 Å². The van der Waals surface area contributed by atoms with E-state index in [0.29, 0.717) is 6.54 Å². The van der Waals surface area contributed by atoms with Gasteiger partial charge in [-0.25, -0.2) is 0 Å². The Bertz CT molecular complexity index is 1010. The highest BCUT2D eigenvalue weighted by Crippen LogP contribution is 2.29. The molecule has 1 aromatic carbocycles. The van der Waals surface area contributed by atoms with Crippen LogP contribution >= 0.6 is 23.1 Å². The maximum absolute atomic E-state index is 12.5. The summed E-state index contributed by atoms with van der Waals surface area (Å²) in [7, 11) is 0. The second-order valence-corrected chi connectivity index (χ2v) is 9.35. The molecule has 1 aliphatic rings. The number of hydrogen-bond acceptors (Lipinski definition) is 6. The predicted molar refractivity (Wildman–Crippen MR) is 122 cm³/mol. The molecule has 3 heterocycles. The first-order valence-corrected chi connectivity index (χ1v) is 12.1. The van der Waals surface area contributed by atoms with E-state index in [4.69, 9.17) is 4.74 Å². The highest BCUT2D eigenvalue weighted by molar-refractivity contribution is 7.99. The predicted octanol–water partition coefficient (Wildman–Crippen LogP) is 4.79. The number of benzene rings is 1. The van der Waals surface area contributed by atoms with Gasteiger partial charge in [-0.05, 0) is 49.9 Å². The maximum Gasteiger partial charge on any atom is 0.234 e. The zero-order valence-corrected chi connectivity index (χ0v) is 18.9. The van der Waals surface area contributed by atoms with E-state index in [1.165, 1.54) is 16.6 Å². The summed E-state index contributed by atoms with van der Waals surface area (Å²) < 4.78 is 7.97. The van der Waals surface area contributed by atoms with Crippen molar-refractivity contribution in [3.05, 3.63) is 46.2 Å². The second kappa shape index (κ2) is 9.76. The Hall–Kier alpha value is -2.16. The molecule has 1 fully saturated rings.